The second-order valence-corrected chi connectivity index (χ2v) is 2.97. The first-order chi connectivity index (χ1) is 4.93. The zero-order valence-electron chi connectivity index (χ0n) is 6.77. The average Bonchev–Trinajstić information content (AvgIpc) is 2.41. The van der Waals surface area contributed by atoms with Crippen molar-refractivity contribution in [1.29, 1.82) is 0 Å². The Morgan fingerprint density at radius 2 is 2.50 bits per heavy atom. The Labute approximate surface area is 63.5 Å². The maximum atomic E-state index is 3.35. The van der Waals surface area contributed by atoms with Gasteiger partial charge in [0.05, 0.1) is 0 Å². The highest BCUT2D eigenvalue weighted by molar-refractivity contribution is 4.92. The third-order valence-corrected chi connectivity index (χ3v) is 1.96. The van der Waals surface area contributed by atoms with E-state index in [4.69, 9.17) is 0 Å². The van der Waals surface area contributed by atoms with Crippen molar-refractivity contribution in [3.05, 3.63) is 12.2 Å². The van der Waals surface area contributed by atoms with Crippen molar-refractivity contribution in [1.82, 2.24) is 5.32 Å². The molecule has 0 amide bonds. The molecule has 0 saturated carbocycles. The van der Waals surface area contributed by atoms with E-state index in [2.05, 4.69) is 24.4 Å². The smallest absolute Gasteiger partial charge is 0.00146 e. The molecule has 1 nitrogen and oxygen atoms in total. The second kappa shape index (κ2) is 4.51. The van der Waals surface area contributed by atoms with Crippen LogP contribution in [0.3, 0.4) is 0 Å². The highest BCUT2D eigenvalue weighted by Crippen LogP contribution is 2.09. The maximum absolute atomic E-state index is 3.35. The Balaban J connectivity index is 2.10. The molecule has 0 aliphatic carbocycles. The van der Waals surface area contributed by atoms with Crippen molar-refractivity contribution in [3.8, 4) is 0 Å². The molecule has 0 aromatic carbocycles. The van der Waals surface area contributed by atoms with Gasteiger partial charge in [-0.25, -0.2) is 0 Å². The Morgan fingerprint density at radius 3 is 3.10 bits per heavy atom. The van der Waals surface area contributed by atoms with Crippen LogP contribution in [0.15, 0.2) is 12.2 Å². The normalized spacial score (nSPS) is 26.3. The molecule has 0 aromatic heterocycles. The SMILES string of the molecule is CCC/C=C/C1CCNC1. The highest BCUT2D eigenvalue weighted by Gasteiger charge is 2.09. The topological polar surface area (TPSA) is 12.0 Å². The Morgan fingerprint density at radius 1 is 1.60 bits per heavy atom. The lowest BCUT2D eigenvalue weighted by molar-refractivity contribution is 0.723. The van der Waals surface area contributed by atoms with E-state index in [0.29, 0.717) is 0 Å². The molecule has 0 bridgehead atoms. The van der Waals surface area contributed by atoms with Crippen molar-refractivity contribution >= 4 is 0 Å². The van der Waals surface area contributed by atoms with Crippen LogP contribution >= 0.6 is 0 Å². The molecule has 0 spiro atoms. The first-order valence-electron chi connectivity index (χ1n) is 4.31. The molecule has 0 aromatic rings. The summed E-state index contributed by atoms with van der Waals surface area (Å²) in [7, 11) is 0. The minimum Gasteiger partial charge on any atom is -0.316 e. The van der Waals surface area contributed by atoms with E-state index in [1.165, 1.54) is 32.4 Å². The fourth-order valence-electron chi connectivity index (χ4n) is 1.30. The summed E-state index contributed by atoms with van der Waals surface area (Å²) >= 11 is 0. The molecular formula is C9H17N. The third-order valence-electron chi connectivity index (χ3n) is 1.96. The fraction of sp³-hybridized carbons (Fsp3) is 0.778. The van der Waals surface area contributed by atoms with Crippen LogP contribution in [0.25, 0.3) is 0 Å². The zero-order valence-corrected chi connectivity index (χ0v) is 6.77. The van der Waals surface area contributed by atoms with Crippen LogP contribution in [0.5, 0.6) is 0 Å². The van der Waals surface area contributed by atoms with Crippen LogP contribution in [0.4, 0.5) is 0 Å². The van der Waals surface area contributed by atoms with Gasteiger partial charge in [0.25, 0.3) is 0 Å². The van der Waals surface area contributed by atoms with Crippen molar-refractivity contribution in [2.75, 3.05) is 13.1 Å². The lowest BCUT2D eigenvalue weighted by Crippen LogP contribution is -2.07. The van der Waals surface area contributed by atoms with Gasteiger partial charge in [-0.15, -0.1) is 0 Å². The molecule has 1 aliphatic heterocycles. The van der Waals surface area contributed by atoms with Crippen molar-refractivity contribution in [3.63, 3.8) is 0 Å². The number of rotatable bonds is 3. The molecule has 10 heavy (non-hydrogen) atoms. The molecule has 1 heteroatoms. The molecule has 58 valence electrons. The minimum atomic E-state index is 0.826. The summed E-state index contributed by atoms with van der Waals surface area (Å²) in [4.78, 5) is 0. The summed E-state index contributed by atoms with van der Waals surface area (Å²) in [5.41, 5.74) is 0. The number of hydrogen-bond acceptors (Lipinski definition) is 1. The molecule has 1 fully saturated rings. The fourth-order valence-corrected chi connectivity index (χ4v) is 1.30. The molecule has 1 saturated heterocycles. The summed E-state index contributed by atoms with van der Waals surface area (Å²) in [5.74, 6) is 0.826. The number of unbranched alkanes of at least 4 members (excludes halogenated alkanes) is 1. The van der Waals surface area contributed by atoms with Gasteiger partial charge in [0.1, 0.15) is 0 Å². The van der Waals surface area contributed by atoms with Crippen LogP contribution in [0.1, 0.15) is 26.2 Å². The quantitative estimate of drug-likeness (QED) is 0.589. The maximum Gasteiger partial charge on any atom is 0.00146 e. The Kier molecular flexibility index (Phi) is 3.52. The third kappa shape index (κ3) is 2.53. The monoisotopic (exact) mass is 139 g/mol. The zero-order chi connectivity index (χ0) is 7.23. The number of hydrogen-bond donors (Lipinski definition) is 1. The van der Waals surface area contributed by atoms with E-state index >= 15 is 0 Å². The lowest BCUT2D eigenvalue weighted by atomic mass is 10.1. The van der Waals surface area contributed by atoms with Crippen LogP contribution in [-0.4, -0.2) is 13.1 Å². The van der Waals surface area contributed by atoms with Gasteiger partial charge < -0.3 is 5.32 Å². The van der Waals surface area contributed by atoms with Gasteiger partial charge >= 0.3 is 0 Å². The molecule has 1 unspecified atom stereocenters. The van der Waals surface area contributed by atoms with E-state index in [1.807, 2.05) is 0 Å². The van der Waals surface area contributed by atoms with Crippen molar-refractivity contribution < 1.29 is 0 Å². The number of allylic oxidation sites excluding steroid dienone is 1. The molecule has 1 N–H and O–H groups in total. The van der Waals surface area contributed by atoms with Gasteiger partial charge in [0.2, 0.25) is 0 Å². The van der Waals surface area contributed by atoms with Gasteiger partial charge in [-0.3, -0.25) is 0 Å². The largest absolute Gasteiger partial charge is 0.316 e. The first-order valence-corrected chi connectivity index (χ1v) is 4.31. The number of nitrogens with one attached hydrogen (secondary N) is 1. The Bertz CT molecular complexity index is 101. The van der Waals surface area contributed by atoms with Gasteiger partial charge in [-0.05, 0) is 25.3 Å². The second-order valence-electron chi connectivity index (χ2n) is 2.97. The van der Waals surface area contributed by atoms with E-state index in [1.54, 1.807) is 0 Å². The Hall–Kier alpha value is -0.300. The standard InChI is InChI=1S/C9H17N/c1-2-3-4-5-9-6-7-10-8-9/h4-5,9-10H,2-3,6-8H2,1H3/b5-4+. The van der Waals surface area contributed by atoms with E-state index in [-0.39, 0.29) is 0 Å². The molecule has 1 rings (SSSR count). The first kappa shape index (κ1) is 7.80. The summed E-state index contributed by atoms with van der Waals surface area (Å²) in [6.07, 6.45) is 8.54. The summed E-state index contributed by atoms with van der Waals surface area (Å²) < 4.78 is 0. The van der Waals surface area contributed by atoms with Crippen LogP contribution in [0.2, 0.25) is 0 Å². The molecule has 0 radical (unpaired) electrons. The molecule has 1 heterocycles. The van der Waals surface area contributed by atoms with Gasteiger partial charge in [-0.2, -0.15) is 0 Å². The van der Waals surface area contributed by atoms with E-state index in [0.717, 1.165) is 5.92 Å². The predicted octanol–water partition coefficient (Wildman–Crippen LogP) is 1.95. The van der Waals surface area contributed by atoms with Crippen molar-refractivity contribution in [2.45, 2.75) is 26.2 Å². The van der Waals surface area contributed by atoms with E-state index < -0.39 is 0 Å². The van der Waals surface area contributed by atoms with Gasteiger partial charge in [0.15, 0.2) is 0 Å². The lowest BCUT2D eigenvalue weighted by Gasteiger charge is -1.97. The summed E-state index contributed by atoms with van der Waals surface area (Å²) in [6.45, 7) is 4.62. The molecular weight excluding hydrogens is 122 g/mol. The molecule has 1 atom stereocenters. The molecule has 1 aliphatic rings. The minimum absolute atomic E-state index is 0.826. The van der Waals surface area contributed by atoms with E-state index in [9.17, 15) is 0 Å². The summed E-state index contributed by atoms with van der Waals surface area (Å²) in [5, 5.41) is 3.35. The van der Waals surface area contributed by atoms with Crippen LogP contribution in [-0.2, 0) is 0 Å². The van der Waals surface area contributed by atoms with Crippen LogP contribution < -0.4 is 5.32 Å². The summed E-state index contributed by atoms with van der Waals surface area (Å²) in [6, 6.07) is 0. The van der Waals surface area contributed by atoms with Gasteiger partial charge in [0, 0.05) is 6.54 Å². The predicted molar refractivity (Wildman–Crippen MR) is 45.0 cm³/mol. The van der Waals surface area contributed by atoms with Crippen LogP contribution in [0, 0.1) is 5.92 Å². The highest BCUT2D eigenvalue weighted by atomic mass is 14.9. The van der Waals surface area contributed by atoms with Gasteiger partial charge in [-0.1, -0.05) is 25.5 Å². The van der Waals surface area contributed by atoms with Crippen molar-refractivity contribution in [2.24, 2.45) is 5.92 Å². The average molecular weight is 139 g/mol.